The molecule has 2 amide bonds. The smallest absolute Gasteiger partial charge is 0.319 e. The minimum absolute atomic E-state index is 0.0533. The van der Waals surface area contributed by atoms with E-state index in [0.717, 1.165) is 6.42 Å². The molecule has 1 heterocycles. The third kappa shape index (κ3) is 3.11. The number of fused-ring (bicyclic) bond motifs is 1. The highest BCUT2D eigenvalue weighted by Crippen LogP contribution is 2.22. The summed E-state index contributed by atoms with van der Waals surface area (Å²) in [6.07, 6.45) is 0.806. The molecule has 21 heavy (non-hydrogen) atoms. The van der Waals surface area contributed by atoms with E-state index >= 15 is 0 Å². The van der Waals surface area contributed by atoms with Crippen molar-refractivity contribution in [3.8, 4) is 0 Å². The molecule has 0 atom stereocenters. The number of hydrogen-bond acceptors (Lipinski definition) is 5. The fourth-order valence-corrected chi connectivity index (χ4v) is 2.33. The first-order valence-corrected chi connectivity index (χ1v) is 6.82. The molecule has 0 aliphatic carbocycles. The van der Waals surface area contributed by atoms with Gasteiger partial charge < -0.3 is 4.74 Å². The molecule has 0 spiro atoms. The maximum Gasteiger partial charge on any atom is 0.319 e. The molecule has 112 valence electrons. The Hall–Kier alpha value is -2.21. The Labute approximate surface area is 123 Å². The van der Waals surface area contributed by atoms with Crippen molar-refractivity contribution in [1.82, 2.24) is 9.80 Å². The molecule has 1 aromatic carbocycles. The summed E-state index contributed by atoms with van der Waals surface area (Å²) in [6.45, 7) is 2.71. The monoisotopic (exact) mass is 290 g/mol. The van der Waals surface area contributed by atoms with Crippen LogP contribution < -0.4 is 0 Å². The van der Waals surface area contributed by atoms with Crippen LogP contribution in [0.3, 0.4) is 0 Å². The molecule has 0 unspecified atom stereocenters. The molecule has 0 saturated carbocycles. The Kier molecular flexibility index (Phi) is 4.70. The lowest BCUT2D eigenvalue weighted by Crippen LogP contribution is -2.43. The fourth-order valence-electron chi connectivity index (χ4n) is 2.33. The van der Waals surface area contributed by atoms with E-state index in [2.05, 4.69) is 4.74 Å². The number of nitrogens with zero attached hydrogens (tertiary/aromatic N) is 2. The molecule has 1 aliphatic heterocycles. The zero-order chi connectivity index (χ0) is 15.4. The van der Waals surface area contributed by atoms with Crippen LogP contribution in [0.15, 0.2) is 24.3 Å². The summed E-state index contributed by atoms with van der Waals surface area (Å²) in [5, 5.41) is 0. The van der Waals surface area contributed by atoms with Crippen molar-refractivity contribution in [2.45, 2.75) is 13.3 Å². The zero-order valence-corrected chi connectivity index (χ0v) is 12.2. The van der Waals surface area contributed by atoms with Gasteiger partial charge in [0.05, 0.1) is 31.5 Å². The first-order chi connectivity index (χ1) is 10.1. The van der Waals surface area contributed by atoms with Gasteiger partial charge >= 0.3 is 5.97 Å². The summed E-state index contributed by atoms with van der Waals surface area (Å²) >= 11 is 0. The second-order valence-corrected chi connectivity index (χ2v) is 4.85. The SMILES string of the molecule is CCCN(CC(=O)OC)CN1C(=O)c2ccccc2C1=O. The van der Waals surface area contributed by atoms with Gasteiger partial charge in [-0.25, -0.2) is 0 Å². The van der Waals surface area contributed by atoms with Gasteiger partial charge in [0, 0.05) is 6.54 Å². The van der Waals surface area contributed by atoms with E-state index < -0.39 is 0 Å². The molecule has 2 rings (SSSR count). The second kappa shape index (κ2) is 6.49. The number of methoxy groups -OCH3 is 1. The lowest BCUT2D eigenvalue weighted by atomic mass is 10.1. The van der Waals surface area contributed by atoms with E-state index in [-0.39, 0.29) is 31.0 Å². The minimum Gasteiger partial charge on any atom is -0.468 e. The van der Waals surface area contributed by atoms with Gasteiger partial charge in [-0.3, -0.25) is 24.2 Å². The summed E-state index contributed by atoms with van der Waals surface area (Å²) in [4.78, 5) is 38.8. The number of carbonyl (C=O) groups excluding carboxylic acids is 3. The van der Waals surface area contributed by atoms with Crippen LogP contribution in [0.5, 0.6) is 0 Å². The van der Waals surface area contributed by atoms with Crippen molar-refractivity contribution in [2.75, 3.05) is 26.9 Å². The van der Waals surface area contributed by atoms with Gasteiger partial charge in [-0.15, -0.1) is 0 Å². The Bertz CT molecular complexity index is 536. The Morgan fingerprint density at radius 1 is 1.19 bits per heavy atom. The van der Waals surface area contributed by atoms with Gasteiger partial charge in [-0.2, -0.15) is 0 Å². The molecule has 0 aromatic heterocycles. The van der Waals surface area contributed by atoms with Gasteiger partial charge in [0.15, 0.2) is 0 Å². The van der Waals surface area contributed by atoms with Gasteiger partial charge in [0.25, 0.3) is 11.8 Å². The number of ether oxygens (including phenoxy) is 1. The van der Waals surface area contributed by atoms with Crippen molar-refractivity contribution in [3.05, 3.63) is 35.4 Å². The van der Waals surface area contributed by atoms with Crippen LogP contribution in [0.25, 0.3) is 0 Å². The van der Waals surface area contributed by atoms with Gasteiger partial charge in [0.2, 0.25) is 0 Å². The van der Waals surface area contributed by atoms with Gasteiger partial charge in [-0.05, 0) is 18.6 Å². The van der Waals surface area contributed by atoms with Crippen molar-refractivity contribution in [3.63, 3.8) is 0 Å². The third-order valence-corrected chi connectivity index (χ3v) is 3.34. The van der Waals surface area contributed by atoms with Crippen LogP contribution in [-0.4, -0.2) is 54.5 Å². The van der Waals surface area contributed by atoms with E-state index in [0.29, 0.717) is 17.7 Å². The van der Waals surface area contributed by atoms with Crippen molar-refractivity contribution in [2.24, 2.45) is 0 Å². The minimum atomic E-state index is -0.389. The third-order valence-electron chi connectivity index (χ3n) is 3.34. The molecule has 0 N–H and O–H groups in total. The largest absolute Gasteiger partial charge is 0.468 e. The molecular formula is C15H18N2O4. The molecule has 0 radical (unpaired) electrons. The first kappa shape index (κ1) is 15.2. The van der Waals surface area contributed by atoms with Gasteiger partial charge in [0.1, 0.15) is 0 Å². The Balaban J connectivity index is 2.13. The van der Waals surface area contributed by atoms with E-state index in [9.17, 15) is 14.4 Å². The van der Waals surface area contributed by atoms with Crippen LogP contribution in [0, 0.1) is 0 Å². The highest BCUT2D eigenvalue weighted by Gasteiger charge is 2.36. The summed E-state index contributed by atoms with van der Waals surface area (Å²) < 4.78 is 4.64. The maximum absolute atomic E-state index is 12.3. The average molecular weight is 290 g/mol. The summed E-state index contributed by atoms with van der Waals surface area (Å²) in [5.41, 5.74) is 0.828. The topological polar surface area (TPSA) is 66.9 Å². The quantitative estimate of drug-likeness (QED) is 0.580. The number of carbonyl (C=O) groups is 3. The predicted octanol–water partition coefficient (Wildman–Crippen LogP) is 1.13. The van der Waals surface area contributed by atoms with Crippen molar-refractivity contribution in [1.29, 1.82) is 0 Å². The molecule has 1 aliphatic rings. The number of imide groups is 1. The van der Waals surface area contributed by atoms with Crippen molar-refractivity contribution < 1.29 is 19.1 Å². The van der Waals surface area contributed by atoms with E-state index in [1.165, 1.54) is 12.0 Å². The molecular weight excluding hydrogens is 272 g/mol. The summed E-state index contributed by atoms with van der Waals surface area (Å²) in [5.74, 6) is -1.02. The number of esters is 1. The Morgan fingerprint density at radius 2 is 1.76 bits per heavy atom. The number of amides is 2. The van der Waals surface area contributed by atoms with Crippen molar-refractivity contribution >= 4 is 17.8 Å². The molecule has 6 heteroatoms. The van der Waals surface area contributed by atoms with Crippen LogP contribution in [0.2, 0.25) is 0 Å². The highest BCUT2D eigenvalue weighted by molar-refractivity contribution is 6.21. The lowest BCUT2D eigenvalue weighted by Gasteiger charge is -2.25. The van der Waals surface area contributed by atoms with E-state index in [1.54, 1.807) is 29.2 Å². The molecule has 0 saturated heterocycles. The molecule has 0 bridgehead atoms. The number of hydrogen-bond donors (Lipinski definition) is 0. The molecule has 0 fully saturated rings. The molecule has 6 nitrogen and oxygen atoms in total. The zero-order valence-electron chi connectivity index (χ0n) is 12.2. The lowest BCUT2D eigenvalue weighted by molar-refractivity contribution is -0.142. The van der Waals surface area contributed by atoms with Crippen LogP contribution >= 0.6 is 0 Å². The number of benzene rings is 1. The summed E-state index contributed by atoms with van der Waals surface area (Å²) in [7, 11) is 1.31. The normalized spacial score (nSPS) is 13.8. The average Bonchev–Trinajstić information content (AvgIpc) is 2.73. The van der Waals surface area contributed by atoms with E-state index in [4.69, 9.17) is 0 Å². The van der Waals surface area contributed by atoms with Crippen LogP contribution in [0.4, 0.5) is 0 Å². The second-order valence-electron chi connectivity index (χ2n) is 4.85. The molecule has 1 aromatic rings. The standard InChI is InChI=1S/C15H18N2O4/c1-3-8-16(9-13(18)21-2)10-17-14(19)11-6-4-5-7-12(11)15(17)20/h4-7H,3,8-10H2,1-2H3. The fraction of sp³-hybridized carbons (Fsp3) is 0.400. The van der Waals surface area contributed by atoms with Gasteiger partial charge in [-0.1, -0.05) is 19.1 Å². The predicted molar refractivity (Wildman–Crippen MR) is 75.7 cm³/mol. The van der Waals surface area contributed by atoms with E-state index in [1.807, 2.05) is 6.92 Å². The van der Waals surface area contributed by atoms with Crippen LogP contribution in [0.1, 0.15) is 34.1 Å². The highest BCUT2D eigenvalue weighted by atomic mass is 16.5. The number of rotatable bonds is 6. The first-order valence-electron chi connectivity index (χ1n) is 6.82. The maximum atomic E-state index is 12.3. The summed E-state index contributed by atoms with van der Waals surface area (Å²) in [6, 6.07) is 6.73. The van der Waals surface area contributed by atoms with Crippen LogP contribution in [-0.2, 0) is 9.53 Å². The Morgan fingerprint density at radius 3 is 2.24 bits per heavy atom.